The van der Waals surface area contributed by atoms with Gasteiger partial charge in [0.25, 0.3) is 5.79 Å². The average Bonchev–Trinajstić information content (AvgIpc) is 2.70. The first-order valence-electron chi connectivity index (χ1n) is 12.5. The topological polar surface area (TPSA) is 107 Å². The third-order valence-electron chi connectivity index (χ3n) is 6.66. The van der Waals surface area contributed by atoms with E-state index in [1.165, 1.54) is 90.9 Å². The first-order valence-corrected chi connectivity index (χ1v) is 12.5. The van der Waals surface area contributed by atoms with Gasteiger partial charge in [0.05, 0.1) is 0 Å². The average molecular weight is 444 g/mol. The Morgan fingerprint density at radius 2 is 1.10 bits per heavy atom. The van der Waals surface area contributed by atoms with Gasteiger partial charge in [0, 0.05) is 17.9 Å². The van der Waals surface area contributed by atoms with Gasteiger partial charge in [0.15, 0.2) is 0 Å². The van der Waals surface area contributed by atoms with E-state index in [-0.39, 0.29) is 5.91 Å². The summed E-state index contributed by atoms with van der Waals surface area (Å²) < 4.78 is 0. The van der Waals surface area contributed by atoms with Crippen LogP contribution >= 0.6 is 0 Å². The lowest BCUT2D eigenvalue weighted by Crippen LogP contribution is -2.60. The van der Waals surface area contributed by atoms with E-state index < -0.39 is 23.2 Å². The van der Waals surface area contributed by atoms with E-state index in [0.29, 0.717) is 6.42 Å². The van der Waals surface area contributed by atoms with Crippen molar-refractivity contribution < 1.29 is 24.9 Å². The summed E-state index contributed by atoms with van der Waals surface area (Å²) in [6, 6.07) is -0.692. The highest BCUT2D eigenvalue weighted by atomic mass is 16.5. The number of aliphatic hydroxyl groups is 2. The SMILES string of the molecule is CCCCCCCCCCCCCCCCCC(=O)NC(C)C(C)(C)C(O)(O)C(=O)O. The van der Waals surface area contributed by atoms with Crippen LogP contribution in [0.1, 0.15) is 130 Å². The van der Waals surface area contributed by atoms with Crippen LogP contribution in [0.4, 0.5) is 0 Å². The van der Waals surface area contributed by atoms with E-state index in [0.717, 1.165) is 19.3 Å². The van der Waals surface area contributed by atoms with Gasteiger partial charge in [-0.25, -0.2) is 4.79 Å². The molecule has 0 fully saturated rings. The summed E-state index contributed by atoms with van der Waals surface area (Å²) in [5.74, 6) is -4.81. The fourth-order valence-corrected chi connectivity index (χ4v) is 3.73. The fraction of sp³-hybridized carbons (Fsp3) is 0.920. The Morgan fingerprint density at radius 1 is 0.742 bits per heavy atom. The standard InChI is InChI=1S/C25H49NO5/c1-5-6-7-8-9-10-11-12-13-14-15-16-17-18-19-20-22(27)26-21(2)24(3,4)25(30,31)23(28)29/h21,30-31H,5-20H2,1-4H3,(H,26,27)(H,28,29). The normalized spacial score (nSPS) is 13.2. The van der Waals surface area contributed by atoms with Crippen molar-refractivity contribution in [2.24, 2.45) is 5.41 Å². The number of hydrogen-bond donors (Lipinski definition) is 4. The van der Waals surface area contributed by atoms with Gasteiger partial charge in [-0.3, -0.25) is 4.79 Å². The van der Waals surface area contributed by atoms with Crippen LogP contribution in [-0.4, -0.2) is 39.0 Å². The monoisotopic (exact) mass is 443 g/mol. The maximum absolute atomic E-state index is 12.1. The number of nitrogens with one attached hydrogen (secondary N) is 1. The maximum atomic E-state index is 12.1. The van der Waals surface area contributed by atoms with Gasteiger partial charge in [-0.2, -0.15) is 0 Å². The third-order valence-corrected chi connectivity index (χ3v) is 6.66. The van der Waals surface area contributed by atoms with Crippen LogP contribution in [-0.2, 0) is 9.59 Å². The number of carboxylic acids is 1. The molecule has 1 atom stereocenters. The largest absolute Gasteiger partial charge is 0.477 e. The summed E-state index contributed by atoms with van der Waals surface area (Å²) in [5, 5.41) is 31.4. The molecule has 6 heteroatoms. The summed E-state index contributed by atoms with van der Waals surface area (Å²) in [5.41, 5.74) is -1.43. The summed E-state index contributed by atoms with van der Waals surface area (Å²) in [6.07, 6.45) is 19.4. The van der Waals surface area contributed by atoms with E-state index in [2.05, 4.69) is 12.2 Å². The van der Waals surface area contributed by atoms with Crippen LogP contribution < -0.4 is 5.32 Å². The fourth-order valence-electron chi connectivity index (χ4n) is 3.73. The van der Waals surface area contributed by atoms with Crippen molar-refractivity contribution in [1.29, 1.82) is 0 Å². The van der Waals surface area contributed by atoms with Crippen LogP contribution in [0.2, 0.25) is 0 Å². The second kappa shape index (κ2) is 16.5. The van der Waals surface area contributed by atoms with E-state index >= 15 is 0 Å². The van der Waals surface area contributed by atoms with Gasteiger partial charge in [-0.15, -0.1) is 0 Å². The van der Waals surface area contributed by atoms with Gasteiger partial charge in [0.2, 0.25) is 5.91 Å². The van der Waals surface area contributed by atoms with E-state index in [4.69, 9.17) is 5.11 Å². The number of carbonyl (C=O) groups is 2. The van der Waals surface area contributed by atoms with E-state index in [1.54, 1.807) is 6.92 Å². The smallest absolute Gasteiger partial charge is 0.364 e. The zero-order chi connectivity index (χ0) is 23.8. The molecule has 0 bridgehead atoms. The summed E-state index contributed by atoms with van der Waals surface area (Å²) >= 11 is 0. The van der Waals surface area contributed by atoms with Crippen molar-refractivity contribution >= 4 is 11.9 Å². The molecule has 1 unspecified atom stereocenters. The van der Waals surface area contributed by atoms with E-state index in [9.17, 15) is 19.8 Å². The molecule has 6 nitrogen and oxygen atoms in total. The van der Waals surface area contributed by atoms with Crippen molar-refractivity contribution in [2.75, 3.05) is 0 Å². The Hall–Kier alpha value is -1.14. The van der Waals surface area contributed by atoms with Gasteiger partial charge >= 0.3 is 5.97 Å². The van der Waals surface area contributed by atoms with Crippen LogP contribution in [0.5, 0.6) is 0 Å². The molecule has 31 heavy (non-hydrogen) atoms. The van der Waals surface area contributed by atoms with Crippen molar-refractivity contribution in [2.45, 2.75) is 142 Å². The third kappa shape index (κ3) is 12.5. The molecule has 0 aromatic carbocycles. The molecule has 1 amide bonds. The Labute approximate surface area is 190 Å². The lowest BCUT2D eigenvalue weighted by atomic mass is 9.77. The quantitative estimate of drug-likeness (QED) is 0.146. The second-order valence-electron chi connectivity index (χ2n) is 9.69. The Bertz CT molecular complexity index is 490. The van der Waals surface area contributed by atoms with Crippen molar-refractivity contribution in [3.05, 3.63) is 0 Å². The predicted molar refractivity (Wildman–Crippen MR) is 126 cm³/mol. The lowest BCUT2D eigenvalue weighted by molar-refractivity contribution is -0.246. The molecule has 0 radical (unpaired) electrons. The van der Waals surface area contributed by atoms with Crippen LogP contribution in [0, 0.1) is 5.41 Å². The minimum absolute atomic E-state index is 0.184. The molecule has 0 aliphatic carbocycles. The molecular formula is C25H49NO5. The highest BCUT2D eigenvalue weighted by Crippen LogP contribution is 2.33. The molecule has 0 heterocycles. The van der Waals surface area contributed by atoms with Crippen LogP contribution in [0.15, 0.2) is 0 Å². The summed E-state index contributed by atoms with van der Waals surface area (Å²) in [7, 11) is 0. The molecule has 0 aliphatic rings. The van der Waals surface area contributed by atoms with Crippen LogP contribution in [0.25, 0.3) is 0 Å². The molecule has 0 saturated heterocycles. The Balaban J connectivity index is 3.67. The zero-order valence-electron chi connectivity index (χ0n) is 20.5. The zero-order valence-corrected chi connectivity index (χ0v) is 20.5. The number of unbranched alkanes of at least 4 members (excludes halogenated alkanes) is 14. The number of aliphatic carboxylic acids is 1. The Kier molecular flexibility index (Phi) is 15.9. The highest BCUT2D eigenvalue weighted by Gasteiger charge is 2.52. The molecular weight excluding hydrogens is 394 g/mol. The molecule has 4 N–H and O–H groups in total. The first kappa shape index (κ1) is 29.9. The molecule has 0 aliphatic heterocycles. The molecule has 184 valence electrons. The molecule has 0 aromatic heterocycles. The van der Waals surface area contributed by atoms with Gasteiger partial charge in [0.1, 0.15) is 0 Å². The minimum atomic E-state index is -2.91. The lowest BCUT2D eigenvalue weighted by Gasteiger charge is -2.39. The number of carbonyl (C=O) groups excluding carboxylic acids is 1. The van der Waals surface area contributed by atoms with Crippen molar-refractivity contribution in [3.8, 4) is 0 Å². The summed E-state index contributed by atoms with van der Waals surface area (Å²) in [6.45, 7) is 6.68. The molecule has 0 saturated carbocycles. The van der Waals surface area contributed by atoms with Gasteiger partial charge in [-0.05, 0) is 13.3 Å². The molecule has 0 rings (SSSR count). The molecule has 0 aromatic rings. The number of carboxylic acid groups (broad SMARTS) is 1. The number of amides is 1. The minimum Gasteiger partial charge on any atom is -0.477 e. The van der Waals surface area contributed by atoms with Crippen molar-refractivity contribution in [1.82, 2.24) is 5.32 Å². The first-order chi connectivity index (χ1) is 14.6. The summed E-state index contributed by atoms with van der Waals surface area (Å²) in [4.78, 5) is 23.2. The van der Waals surface area contributed by atoms with E-state index in [1.807, 2.05) is 0 Å². The maximum Gasteiger partial charge on any atom is 0.364 e. The number of hydrogen-bond acceptors (Lipinski definition) is 4. The Morgan fingerprint density at radius 3 is 1.45 bits per heavy atom. The second-order valence-corrected chi connectivity index (χ2v) is 9.69. The highest BCUT2D eigenvalue weighted by molar-refractivity contribution is 5.78. The van der Waals surface area contributed by atoms with Gasteiger partial charge < -0.3 is 20.6 Å². The van der Waals surface area contributed by atoms with Crippen molar-refractivity contribution in [3.63, 3.8) is 0 Å². The predicted octanol–water partition coefficient (Wildman–Crippen LogP) is 5.54. The van der Waals surface area contributed by atoms with Crippen LogP contribution in [0.3, 0.4) is 0 Å². The molecule has 0 spiro atoms. The number of rotatable bonds is 20. The van der Waals surface area contributed by atoms with Gasteiger partial charge in [-0.1, -0.05) is 111 Å².